The third-order valence-electron chi connectivity index (χ3n) is 5.27. The van der Waals surface area contributed by atoms with E-state index < -0.39 is 0 Å². The minimum atomic E-state index is 0.149. The van der Waals surface area contributed by atoms with Gasteiger partial charge in [-0.3, -0.25) is 0 Å². The normalized spacial score (nSPS) is 10.8. The lowest BCUT2D eigenvalue weighted by molar-refractivity contribution is 0.305. The van der Waals surface area contributed by atoms with Crippen LogP contribution in [0.1, 0.15) is 105 Å². The number of aryl methyl sites for hydroxylation is 1. The summed E-state index contributed by atoms with van der Waals surface area (Å²) >= 11 is 0. The minimum absolute atomic E-state index is 0.149. The smallest absolute Gasteiger partial charge is 0.123 e. The molecular formula is C28H56N2O. The molecular weight excluding hydrogens is 380 g/mol. The van der Waals surface area contributed by atoms with Gasteiger partial charge in [-0.2, -0.15) is 0 Å². The molecule has 1 N–H and O–H groups in total. The van der Waals surface area contributed by atoms with Crippen molar-refractivity contribution in [1.29, 1.82) is 0 Å². The van der Waals surface area contributed by atoms with Gasteiger partial charge >= 0.3 is 0 Å². The van der Waals surface area contributed by atoms with Gasteiger partial charge in [-0.15, -0.1) is 0 Å². The zero-order chi connectivity index (χ0) is 24.1. The number of nitrogens with zero attached hydrogens (tertiary/aromatic N) is 1. The lowest BCUT2D eigenvalue weighted by Gasteiger charge is -2.23. The number of benzene rings is 1. The van der Waals surface area contributed by atoms with E-state index in [0.29, 0.717) is 0 Å². The molecule has 0 unspecified atom stereocenters. The Bertz CT molecular complexity index is 498. The second-order valence-electron chi connectivity index (χ2n) is 9.23. The fraction of sp³-hybridized carbons (Fsp3) is 0.786. The first-order valence-corrected chi connectivity index (χ1v) is 12.8. The molecule has 0 aliphatic rings. The monoisotopic (exact) mass is 436 g/mol. The molecule has 184 valence electrons. The van der Waals surface area contributed by atoms with Crippen LogP contribution in [0.15, 0.2) is 18.2 Å². The van der Waals surface area contributed by atoms with Crippen LogP contribution in [0.4, 0.5) is 0 Å². The van der Waals surface area contributed by atoms with Gasteiger partial charge in [-0.05, 0) is 51.0 Å². The highest BCUT2D eigenvalue weighted by Gasteiger charge is 2.18. The van der Waals surface area contributed by atoms with Crippen LogP contribution in [0, 0.1) is 6.92 Å². The maximum Gasteiger partial charge on any atom is 0.123 e. The predicted octanol–water partition coefficient (Wildman–Crippen LogP) is 7.61. The molecule has 0 fully saturated rings. The maximum atomic E-state index is 5.62. The molecule has 0 amide bonds. The Balaban J connectivity index is 0. The van der Waals surface area contributed by atoms with Gasteiger partial charge in [0.15, 0.2) is 0 Å². The molecule has 0 heterocycles. The SMILES string of the molecule is CCCCCCCC.CCN(CC)CCNC.CCOc1ccc(C)cc1C(C)(C)C. The summed E-state index contributed by atoms with van der Waals surface area (Å²) in [5, 5.41) is 3.13. The molecule has 0 atom stereocenters. The molecule has 3 heteroatoms. The molecule has 0 saturated carbocycles. The zero-order valence-electron chi connectivity index (χ0n) is 22.9. The van der Waals surface area contributed by atoms with Crippen molar-refractivity contribution in [3.63, 3.8) is 0 Å². The second kappa shape index (κ2) is 20.8. The lowest BCUT2D eigenvalue weighted by Crippen LogP contribution is -2.30. The van der Waals surface area contributed by atoms with E-state index in [1.807, 2.05) is 14.0 Å². The van der Waals surface area contributed by atoms with E-state index in [0.717, 1.165) is 32.0 Å². The molecule has 0 spiro atoms. The Morgan fingerprint density at radius 1 is 0.871 bits per heavy atom. The van der Waals surface area contributed by atoms with Crippen molar-refractivity contribution in [2.45, 2.75) is 106 Å². The first kappa shape index (κ1) is 32.1. The summed E-state index contributed by atoms with van der Waals surface area (Å²) in [7, 11) is 1.99. The van der Waals surface area contributed by atoms with Crippen molar-refractivity contribution < 1.29 is 4.74 Å². The molecule has 0 aliphatic carbocycles. The molecule has 3 nitrogen and oxygen atoms in total. The largest absolute Gasteiger partial charge is 0.494 e. The van der Waals surface area contributed by atoms with Gasteiger partial charge in [0.2, 0.25) is 0 Å². The molecule has 31 heavy (non-hydrogen) atoms. The summed E-state index contributed by atoms with van der Waals surface area (Å²) in [4.78, 5) is 2.40. The topological polar surface area (TPSA) is 24.5 Å². The molecule has 0 radical (unpaired) electrons. The van der Waals surface area contributed by atoms with Gasteiger partial charge in [0.25, 0.3) is 0 Å². The molecule has 0 bridgehead atoms. The number of likely N-dealkylation sites (N-methyl/N-ethyl adjacent to an activating group) is 2. The highest BCUT2D eigenvalue weighted by atomic mass is 16.5. The summed E-state index contributed by atoms with van der Waals surface area (Å²) < 4.78 is 5.62. The quantitative estimate of drug-likeness (QED) is 0.341. The van der Waals surface area contributed by atoms with Crippen molar-refractivity contribution in [3.8, 4) is 5.75 Å². The van der Waals surface area contributed by atoms with Gasteiger partial charge in [0.1, 0.15) is 5.75 Å². The van der Waals surface area contributed by atoms with Crippen LogP contribution in [0.5, 0.6) is 5.75 Å². The van der Waals surface area contributed by atoms with Crippen LogP contribution < -0.4 is 10.1 Å². The number of ether oxygens (including phenoxy) is 1. The fourth-order valence-electron chi connectivity index (χ4n) is 3.17. The van der Waals surface area contributed by atoms with Crippen molar-refractivity contribution in [1.82, 2.24) is 10.2 Å². The number of unbranched alkanes of at least 4 members (excludes halogenated alkanes) is 5. The summed E-state index contributed by atoms with van der Waals surface area (Å²) in [6.07, 6.45) is 8.49. The van der Waals surface area contributed by atoms with E-state index in [1.54, 1.807) is 0 Å². The average molecular weight is 437 g/mol. The average Bonchev–Trinajstić information content (AvgIpc) is 2.74. The van der Waals surface area contributed by atoms with Crippen molar-refractivity contribution in [2.75, 3.05) is 39.8 Å². The van der Waals surface area contributed by atoms with Crippen molar-refractivity contribution >= 4 is 0 Å². The van der Waals surface area contributed by atoms with Crippen LogP contribution in [-0.4, -0.2) is 44.7 Å². The minimum Gasteiger partial charge on any atom is -0.494 e. The highest BCUT2D eigenvalue weighted by Crippen LogP contribution is 2.31. The standard InChI is InChI=1S/C13H20O.C8H18.C7H18N2/c1-6-14-12-8-7-10(2)9-11(12)13(3,4)5;1-3-5-7-8-6-4-2;1-4-9(5-2)7-6-8-3/h7-9H,6H2,1-5H3;3-8H2,1-2H3;8H,4-7H2,1-3H3. The van der Waals surface area contributed by atoms with Crippen LogP contribution >= 0.6 is 0 Å². The number of nitrogens with one attached hydrogen (secondary N) is 1. The van der Waals surface area contributed by atoms with Crippen LogP contribution in [0.25, 0.3) is 0 Å². The van der Waals surface area contributed by atoms with Crippen molar-refractivity contribution in [3.05, 3.63) is 29.3 Å². The zero-order valence-corrected chi connectivity index (χ0v) is 22.9. The summed E-state index contributed by atoms with van der Waals surface area (Å²) in [5.74, 6) is 1.02. The van der Waals surface area contributed by atoms with E-state index >= 15 is 0 Å². The highest BCUT2D eigenvalue weighted by molar-refractivity contribution is 5.41. The van der Waals surface area contributed by atoms with Gasteiger partial charge in [-0.1, -0.05) is 105 Å². The van der Waals surface area contributed by atoms with Gasteiger partial charge in [0.05, 0.1) is 6.61 Å². The molecule has 1 aromatic carbocycles. The molecule has 1 aromatic rings. The molecule has 1 rings (SSSR count). The first-order valence-electron chi connectivity index (χ1n) is 12.8. The van der Waals surface area contributed by atoms with Gasteiger partial charge in [0, 0.05) is 13.1 Å². The Hall–Kier alpha value is -1.06. The number of hydrogen-bond acceptors (Lipinski definition) is 3. The van der Waals surface area contributed by atoms with Crippen LogP contribution in [-0.2, 0) is 5.41 Å². The first-order chi connectivity index (χ1) is 14.7. The molecule has 0 saturated heterocycles. The second-order valence-corrected chi connectivity index (χ2v) is 9.23. The maximum absolute atomic E-state index is 5.62. The van der Waals surface area contributed by atoms with Crippen LogP contribution in [0.3, 0.4) is 0 Å². The Morgan fingerprint density at radius 3 is 1.81 bits per heavy atom. The molecule has 0 aliphatic heterocycles. The third-order valence-corrected chi connectivity index (χ3v) is 5.27. The summed E-state index contributed by atoms with van der Waals surface area (Å²) in [5.41, 5.74) is 2.73. The third kappa shape index (κ3) is 18.2. The van der Waals surface area contributed by atoms with Gasteiger partial charge < -0.3 is 15.0 Å². The predicted molar refractivity (Wildman–Crippen MR) is 142 cm³/mol. The Morgan fingerprint density at radius 2 is 1.42 bits per heavy atom. The summed E-state index contributed by atoms with van der Waals surface area (Å²) in [6, 6.07) is 6.38. The van der Waals surface area contributed by atoms with E-state index in [4.69, 9.17) is 4.74 Å². The number of hydrogen-bond donors (Lipinski definition) is 1. The Labute approximate surface area is 196 Å². The van der Waals surface area contributed by atoms with E-state index in [2.05, 4.69) is 83.8 Å². The van der Waals surface area contributed by atoms with Gasteiger partial charge in [-0.25, -0.2) is 0 Å². The van der Waals surface area contributed by atoms with Crippen molar-refractivity contribution in [2.24, 2.45) is 0 Å². The van der Waals surface area contributed by atoms with E-state index in [9.17, 15) is 0 Å². The fourth-order valence-corrected chi connectivity index (χ4v) is 3.17. The summed E-state index contributed by atoms with van der Waals surface area (Å²) in [6.45, 7) is 25.0. The van der Waals surface area contributed by atoms with Crippen LogP contribution in [0.2, 0.25) is 0 Å². The Kier molecular flexibility index (Phi) is 21.6. The lowest BCUT2D eigenvalue weighted by atomic mass is 9.85. The van der Waals surface area contributed by atoms with E-state index in [1.165, 1.54) is 56.2 Å². The van der Waals surface area contributed by atoms with E-state index in [-0.39, 0.29) is 5.41 Å². The molecule has 0 aromatic heterocycles. The number of rotatable bonds is 12.